The van der Waals surface area contributed by atoms with Crippen molar-refractivity contribution >= 4 is 22.6 Å². The summed E-state index contributed by atoms with van der Waals surface area (Å²) in [5.74, 6) is -0.290. The van der Waals surface area contributed by atoms with Crippen molar-refractivity contribution in [2.75, 3.05) is 0 Å². The molecule has 26 heavy (non-hydrogen) atoms. The third kappa shape index (κ3) is 2.62. The molecule has 0 saturated heterocycles. The summed E-state index contributed by atoms with van der Waals surface area (Å²) in [5.41, 5.74) is 0.356. The minimum atomic E-state index is -1.07. The van der Waals surface area contributed by atoms with Gasteiger partial charge >= 0.3 is 0 Å². The van der Waals surface area contributed by atoms with Crippen LogP contribution in [-0.2, 0) is 15.3 Å². The molecular weight excluding hydrogens is 331 g/mol. The minimum absolute atomic E-state index is 0.238. The van der Waals surface area contributed by atoms with E-state index < -0.39 is 5.72 Å². The van der Waals surface area contributed by atoms with Crippen LogP contribution in [0.4, 0.5) is 4.39 Å². The first-order chi connectivity index (χ1) is 12.5. The highest BCUT2D eigenvalue weighted by Crippen LogP contribution is 2.37. The highest BCUT2D eigenvalue weighted by Gasteiger charge is 2.45. The largest absolute Gasteiger partial charge is 0.443 e. The second-order valence-corrected chi connectivity index (χ2v) is 6.39. The van der Waals surface area contributed by atoms with Crippen molar-refractivity contribution in [1.82, 2.24) is 5.01 Å². The smallest absolute Gasteiger partial charge is 0.243 e. The average Bonchev–Trinajstić information content (AvgIpc) is 3.01. The van der Waals surface area contributed by atoms with Crippen LogP contribution in [0.5, 0.6) is 0 Å². The van der Waals surface area contributed by atoms with E-state index in [-0.39, 0.29) is 17.6 Å². The SMILES string of the molecule is CC(=O)N1N=C(c2ccc(F)cc2)O[C@]1(C)c1ccc2ccccc2c1. The number of carbonyl (C=O) groups excluding carboxylic acids is 1. The van der Waals surface area contributed by atoms with Crippen LogP contribution in [0.2, 0.25) is 0 Å². The molecule has 3 aromatic carbocycles. The van der Waals surface area contributed by atoms with Crippen LogP contribution in [0.3, 0.4) is 0 Å². The minimum Gasteiger partial charge on any atom is -0.443 e. The number of hydrogen-bond donors (Lipinski definition) is 0. The number of amides is 1. The van der Waals surface area contributed by atoms with Crippen LogP contribution in [0.1, 0.15) is 25.0 Å². The van der Waals surface area contributed by atoms with E-state index in [1.165, 1.54) is 24.1 Å². The summed E-state index contributed by atoms with van der Waals surface area (Å²) in [5, 5.41) is 7.84. The van der Waals surface area contributed by atoms with Gasteiger partial charge in [0.1, 0.15) is 5.82 Å². The maximum atomic E-state index is 13.2. The molecule has 0 radical (unpaired) electrons. The van der Waals surface area contributed by atoms with E-state index in [0.717, 1.165) is 16.3 Å². The zero-order chi connectivity index (χ0) is 18.3. The maximum Gasteiger partial charge on any atom is 0.243 e. The van der Waals surface area contributed by atoms with Crippen LogP contribution in [0.25, 0.3) is 10.8 Å². The Labute approximate surface area is 150 Å². The summed E-state index contributed by atoms with van der Waals surface area (Å²) in [6, 6.07) is 19.7. The summed E-state index contributed by atoms with van der Waals surface area (Å²) in [4.78, 5) is 12.2. The van der Waals surface area contributed by atoms with Crippen molar-refractivity contribution in [3.05, 3.63) is 83.7 Å². The molecule has 0 aliphatic carbocycles. The van der Waals surface area contributed by atoms with Crippen molar-refractivity contribution < 1.29 is 13.9 Å². The van der Waals surface area contributed by atoms with Crippen LogP contribution in [-0.4, -0.2) is 16.8 Å². The van der Waals surface area contributed by atoms with Crippen molar-refractivity contribution in [3.8, 4) is 0 Å². The van der Waals surface area contributed by atoms with E-state index in [1.807, 2.05) is 42.5 Å². The summed E-state index contributed by atoms with van der Waals surface area (Å²) in [7, 11) is 0. The molecular formula is C21H17FN2O2. The van der Waals surface area contributed by atoms with Crippen LogP contribution >= 0.6 is 0 Å². The standard InChI is InChI=1S/C21H17FN2O2/c1-14(25)24-21(2,18-10-7-15-5-3-4-6-17(15)13-18)26-20(23-24)16-8-11-19(22)12-9-16/h3-13H,1-2H3/t21-/m1/s1. The first-order valence-corrected chi connectivity index (χ1v) is 8.31. The lowest BCUT2D eigenvalue weighted by Crippen LogP contribution is -2.41. The number of ether oxygens (including phenoxy) is 1. The molecule has 4 nitrogen and oxygen atoms in total. The molecule has 0 saturated carbocycles. The maximum absolute atomic E-state index is 13.2. The van der Waals surface area contributed by atoms with Crippen LogP contribution in [0.15, 0.2) is 71.8 Å². The van der Waals surface area contributed by atoms with Crippen molar-refractivity contribution in [1.29, 1.82) is 0 Å². The number of benzene rings is 3. The fraction of sp³-hybridized carbons (Fsp3) is 0.143. The van der Waals surface area contributed by atoms with Crippen molar-refractivity contribution in [2.45, 2.75) is 19.6 Å². The van der Waals surface area contributed by atoms with Gasteiger partial charge in [0.05, 0.1) is 0 Å². The zero-order valence-corrected chi connectivity index (χ0v) is 14.4. The average molecular weight is 348 g/mol. The Bertz CT molecular complexity index is 1030. The number of hydrogen-bond acceptors (Lipinski definition) is 3. The lowest BCUT2D eigenvalue weighted by Gasteiger charge is -2.31. The monoisotopic (exact) mass is 348 g/mol. The summed E-state index contributed by atoms with van der Waals surface area (Å²) < 4.78 is 19.3. The van der Waals surface area contributed by atoms with Gasteiger partial charge in [0, 0.05) is 25.0 Å². The molecule has 0 aromatic heterocycles. The van der Waals surface area contributed by atoms with Crippen LogP contribution in [0, 0.1) is 5.82 Å². The van der Waals surface area contributed by atoms with Gasteiger partial charge in [-0.05, 0) is 41.1 Å². The van der Waals surface area contributed by atoms with Gasteiger partial charge in [-0.15, -0.1) is 5.10 Å². The Morgan fingerprint density at radius 2 is 1.73 bits per heavy atom. The van der Waals surface area contributed by atoms with E-state index in [4.69, 9.17) is 4.74 Å². The number of rotatable bonds is 2. The Balaban J connectivity index is 1.78. The fourth-order valence-electron chi connectivity index (χ4n) is 3.18. The Hall–Kier alpha value is -3.21. The molecule has 0 bridgehead atoms. The first kappa shape index (κ1) is 16.3. The third-order valence-electron chi connectivity index (χ3n) is 4.56. The first-order valence-electron chi connectivity index (χ1n) is 8.31. The summed E-state index contributed by atoms with van der Waals surface area (Å²) in [6.45, 7) is 3.25. The topological polar surface area (TPSA) is 41.9 Å². The molecule has 130 valence electrons. The van der Waals surface area contributed by atoms with Gasteiger partial charge in [-0.25, -0.2) is 4.39 Å². The molecule has 1 heterocycles. The lowest BCUT2D eigenvalue weighted by molar-refractivity contribution is -0.146. The number of nitrogens with zero attached hydrogens (tertiary/aromatic N) is 2. The highest BCUT2D eigenvalue weighted by atomic mass is 19.1. The molecule has 4 rings (SSSR count). The number of fused-ring (bicyclic) bond motifs is 1. The van der Waals surface area contributed by atoms with E-state index in [9.17, 15) is 9.18 Å². The van der Waals surface area contributed by atoms with E-state index >= 15 is 0 Å². The van der Waals surface area contributed by atoms with E-state index in [1.54, 1.807) is 19.1 Å². The summed E-state index contributed by atoms with van der Waals surface area (Å²) in [6.07, 6.45) is 0. The van der Waals surface area contributed by atoms with E-state index in [2.05, 4.69) is 5.10 Å². The van der Waals surface area contributed by atoms with E-state index in [0.29, 0.717) is 5.56 Å². The Kier molecular flexibility index (Phi) is 3.72. The summed E-state index contributed by atoms with van der Waals surface area (Å²) >= 11 is 0. The lowest BCUT2D eigenvalue weighted by atomic mass is 9.99. The Morgan fingerprint density at radius 1 is 1.04 bits per heavy atom. The predicted molar refractivity (Wildman–Crippen MR) is 97.8 cm³/mol. The van der Waals surface area contributed by atoms with Gasteiger partial charge in [0.25, 0.3) is 0 Å². The number of halogens is 1. The molecule has 3 aromatic rings. The quantitative estimate of drug-likeness (QED) is 0.689. The second kappa shape index (κ2) is 5.95. The van der Waals surface area contributed by atoms with Gasteiger partial charge in [0.2, 0.25) is 17.5 Å². The fourth-order valence-corrected chi connectivity index (χ4v) is 3.18. The van der Waals surface area contributed by atoms with Gasteiger partial charge < -0.3 is 4.74 Å². The molecule has 5 heteroatoms. The van der Waals surface area contributed by atoms with Gasteiger partial charge in [-0.1, -0.05) is 36.4 Å². The van der Waals surface area contributed by atoms with Crippen molar-refractivity contribution in [3.63, 3.8) is 0 Å². The molecule has 1 atom stereocenters. The Morgan fingerprint density at radius 3 is 2.42 bits per heavy atom. The second-order valence-electron chi connectivity index (χ2n) is 6.39. The molecule has 1 amide bonds. The van der Waals surface area contributed by atoms with Crippen molar-refractivity contribution in [2.24, 2.45) is 5.10 Å². The van der Waals surface area contributed by atoms with Gasteiger partial charge in [0.15, 0.2) is 0 Å². The zero-order valence-electron chi connectivity index (χ0n) is 14.4. The normalized spacial score (nSPS) is 19.3. The molecule has 0 spiro atoms. The molecule has 0 unspecified atom stereocenters. The van der Waals surface area contributed by atoms with Gasteiger partial charge in [-0.2, -0.15) is 5.01 Å². The molecule has 0 fully saturated rings. The highest BCUT2D eigenvalue weighted by molar-refractivity contribution is 5.97. The molecule has 1 aliphatic heterocycles. The van der Waals surface area contributed by atoms with Gasteiger partial charge in [-0.3, -0.25) is 4.79 Å². The number of hydrazone groups is 1. The molecule has 1 aliphatic rings. The molecule has 0 N–H and O–H groups in total. The van der Waals surface area contributed by atoms with Crippen LogP contribution < -0.4 is 0 Å². The predicted octanol–water partition coefficient (Wildman–Crippen LogP) is 4.39. The number of carbonyl (C=O) groups is 1. The third-order valence-corrected chi connectivity index (χ3v) is 4.56.